The van der Waals surface area contributed by atoms with Gasteiger partial charge in [-0.15, -0.1) is 0 Å². The first-order valence-electron chi connectivity index (χ1n) is 6.23. The molecule has 0 spiro atoms. The molecular formula is C14H16N4O. The van der Waals surface area contributed by atoms with E-state index < -0.39 is 0 Å². The molecule has 0 aliphatic heterocycles. The molecule has 0 N–H and O–H groups in total. The summed E-state index contributed by atoms with van der Waals surface area (Å²) < 4.78 is 5.22. The molecule has 98 valence electrons. The van der Waals surface area contributed by atoms with E-state index in [1.54, 1.807) is 0 Å². The zero-order valence-electron chi connectivity index (χ0n) is 11.3. The molecule has 1 atom stereocenters. The quantitative estimate of drug-likeness (QED) is 0.840. The number of aromatic nitrogens is 3. The molecule has 0 aliphatic rings. The first kappa shape index (κ1) is 13.2. The predicted molar refractivity (Wildman–Crippen MR) is 70.1 cm³/mol. The van der Waals surface area contributed by atoms with E-state index >= 15 is 0 Å². The summed E-state index contributed by atoms with van der Waals surface area (Å²) in [4.78, 5) is 8.69. The Morgan fingerprint density at radius 2 is 1.95 bits per heavy atom. The molecule has 0 aliphatic carbocycles. The van der Waals surface area contributed by atoms with Crippen LogP contribution in [0.4, 0.5) is 0 Å². The molecule has 5 nitrogen and oxygen atoms in total. The van der Waals surface area contributed by atoms with Gasteiger partial charge in [0, 0.05) is 29.8 Å². The van der Waals surface area contributed by atoms with Crippen LogP contribution in [-0.4, -0.2) is 15.1 Å². The molecule has 0 radical (unpaired) electrons. The average molecular weight is 256 g/mol. The Balaban J connectivity index is 2.19. The summed E-state index contributed by atoms with van der Waals surface area (Å²) >= 11 is 0. The van der Waals surface area contributed by atoms with Crippen molar-refractivity contribution in [1.82, 2.24) is 15.1 Å². The van der Waals surface area contributed by atoms with Crippen LogP contribution in [0.3, 0.4) is 0 Å². The average Bonchev–Trinajstić information content (AvgIpc) is 2.76. The van der Waals surface area contributed by atoms with Gasteiger partial charge in [-0.05, 0) is 31.9 Å². The highest BCUT2D eigenvalue weighted by atomic mass is 16.5. The van der Waals surface area contributed by atoms with Gasteiger partial charge in [0.1, 0.15) is 0 Å². The zero-order valence-corrected chi connectivity index (χ0v) is 11.3. The maximum Gasteiger partial charge on any atom is 0.227 e. The van der Waals surface area contributed by atoms with E-state index in [9.17, 15) is 0 Å². The van der Waals surface area contributed by atoms with E-state index in [1.165, 1.54) is 0 Å². The highest BCUT2D eigenvalue weighted by Crippen LogP contribution is 2.19. The van der Waals surface area contributed by atoms with E-state index in [0.717, 1.165) is 17.0 Å². The van der Waals surface area contributed by atoms with Crippen molar-refractivity contribution >= 4 is 0 Å². The fraction of sp³-hybridized carbons (Fsp3) is 0.429. The van der Waals surface area contributed by atoms with Crippen molar-refractivity contribution in [1.29, 1.82) is 5.26 Å². The second kappa shape index (κ2) is 5.61. The second-order valence-electron chi connectivity index (χ2n) is 4.82. The molecule has 5 heteroatoms. The van der Waals surface area contributed by atoms with Crippen molar-refractivity contribution in [2.45, 2.75) is 33.6 Å². The van der Waals surface area contributed by atoms with Crippen LogP contribution in [0.25, 0.3) is 11.4 Å². The Morgan fingerprint density at radius 1 is 1.26 bits per heavy atom. The molecule has 0 saturated carbocycles. The van der Waals surface area contributed by atoms with Crippen LogP contribution in [0.2, 0.25) is 0 Å². The van der Waals surface area contributed by atoms with Crippen LogP contribution >= 0.6 is 0 Å². The summed E-state index contributed by atoms with van der Waals surface area (Å²) in [6.07, 6.45) is 1.12. The van der Waals surface area contributed by atoms with Gasteiger partial charge in [-0.25, -0.2) is 0 Å². The van der Waals surface area contributed by atoms with Gasteiger partial charge in [-0.2, -0.15) is 10.2 Å². The van der Waals surface area contributed by atoms with Crippen LogP contribution in [0.5, 0.6) is 0 Å². The summed E-state index contributed by atoms with van der Waals surface area (Å²) in [5.41, 5.74) is 2.77. The lowest BCUT2D eigenvalue weighted by molar-refractivity contribution is 0.359. The summed E-state index contributed by atoms with van der Waals surface area (Å²) in [6, 6.07) is 6.00. The summed E-state index contributed by atoms with van der Waals surface area (Å²) in [5.74, 6) is 1.37. The Kier molecular flexibility index (Phi) is 3.91. The van der Waals surface area contributed by atoms with Crippen LogP contribution in [0.15, 0.2) is 16.7 Å². The molecule has 2 aromatic rings. The van der Waals surface area contributed by atoms with Gasteiger partial charge in [0.05, 0.1) is 6.07 Å². The first-order chi connectivity index (χ1) is 9.08. The normalized spacial score (nSPS) is 12.1. The van der Waals surface area contributed by atoms with E-state index in [2.05, 4.69) is 21.2 Å². The van der Waals surface area contributed by atoms with Gasteiger partial charge >= 0.3 is 0 Å². The monoisotopic (exact) mass is 256 g/mol. The third kappa shape index (κ3) is 3.38. The number of nitrogens with zero attached hydrogens (tertiary/aromatic N) is 4. The number of pyridine rings is 1. The number of nitriles is 1. The van der Waals surface area contributed by atoms with E-state index in [4.69, 9.17) is 9.78 Å². The summed E-state index contributed by atoms with van der Waals surface area (Å²) in [6.45, 7) is 5.87. The van der Waals surface area contributed by atoms with Gasteiger partial charge in [0.2, 0.25) is 11.7 Å². The summed E-state index contributed by atoms with van der Waals surface area (Å²) in [7, 11) is 0. The van der Waals surface area contributed by atoms with Crippen molar-refractivity contribution in [2.75, 3.05) is 0 Å². The van der Waals surface area contributed by atoms with Crippen molar-refractivity contribution in [2.24, 2.45) is 5.92 Å². The molecule has 1 unspecified atom stereocenters. The van der Waals surface area contributed by atoms with Crippen LogP contribution < -0.4 is 0 Å². The predicted octanol–water partition coefficient (Wildman–Crippen LogP) is 2.84. The minimum Gasteiger partial charge on any atom is -0.339 e. The van der Waals surface area contributed by atoms with Crippen LogP contribution in [-0.2, 0) is 6.42 Å². The lowest BCUT2D eigenvalue weighted by Crippen LogP contribution is -1.98. The first-order valence-corrected chi connectivity index (χ1v) is 6.23. The Labute approximate surface area is 112 Å². The highest BCUT2D eigenvalue weighted by molar-refractivity contribution is 5.55. The van der Waals surface area contributed by atoms with Gasteiger partial charge in [0.15, 0.2) is 0 Å². The van der Waals surface area contributed by atoms with Gasteiger partial charge < -0.3 is 4.52 Å². The van der Waals surface area contributed by atoms with E-state index in [-0.39, 0.29) is 5.92 Å². The molecule has 0 amide bonds. The van der Waals surface area contributed by atoms with Crippen LogP contribution in [0.1, 0.15) is 30.6 Å². The number of hydrogen-bond donors (Lipinski definition) is 0. The molecule has 0 bridgehead atoms. The SMILES string of the molecule is Cc1cc(-c2noc(CC(C)CC#N)n2)cc(C)n1. The van der Waals surface area contributed by atoms with Crippen molar-refractivity contribution < 1.29 is 4.52 Å². The molecule has 0 aromatic carbocycles. The number of rotatable bonds is 4. The maximum atomic E-state index is 8.64. The standard InChI is InChI=1S/C14H16N4O/c1-9(4-5-15)6-13-17-14(18-19-13)12-7-10(2)16-11(3)8-12/h7-9H,4,6H2,1-3H3. The minimum atomic E-state index is 0.221. The fourth-order valence-electron chi connectivity index (χ4n) is 1.94. The second-order valence-corrected chi connectivity index (χ2v) is 4.82. The number of hydrogen-bond acceptors (Lipinski definition) is 5. The van der Waals surface area contributed by atoms with Crippen LogP contribution in [0, 0.1) is 31.1 Å². The fourth-order valence-corrected chi connectivity index (χ4v) is 1.94. The Hall–Kier alpha value is -2.22. The third-order valence-corrected chi connectivity index (χ3v) is 2.77. The molecule has 0 saturated heterocycles. The largest absolute Gasteiger partial charge is 0.339 e. The lowest BCUT2D eigenvalue weighted by atomic mass is 10.1. The molecule has 2 aromatic heterocycles. The lowest BCUT2D eigenvalue weighted by Gasteiger charge is -2.00. The van der Waals surface area contributed by atoms with Gasteiger partial charge in [-0.3, -0.25) is 4.98 Å². The van der Waals surface area contributed by atoms with E-state index in [0.29, 0.717) is 24.6 Å². The molecule has 19 heavy (non-hydrogen) atoms. The molecule has 2 heterocycles. The van der Waals surface area contributed by atoms with Crippen molar-refractivity contribution in [3.8, 4) is 17.5 Å². The third-order valence-electron chi connectivity index (χ3n) is 2.77. The van der Waals surface area contributed by atoms with Gasteiger partial charge in [-0.1, -0.05) is 12.1 Å². The van der Waals surface area contributed by atoms with Crippen molar-refractivity contribution in [3.05, 3.63) is 29.4 Å². The van der Waals surface area contributed by atoms with E-state index in [1.807, 2.05) is 32.9 Å². The Bertz CT molecular complexity index is 592. The number of aryl methyl sites for hydroxylation is 2. The maximum absolute atomic E-state index is 8.64. The highest BCUT2D eigenvalue weighted by Gasteiger charge is 2.12. The van der Waals surface area contributed by atoms with Gasteiger partial charge in [0.25, 0.3) is 0 Å². The summed E-state index contributed by atoms with van der Waals surface area (Å²) in [5, 5.41) is 12.6. The molecule has 2 rings (SSSR count). The zero-order chi connectivity index (χ0) is 13.8. The molecule has 0 fully saturated rings. The minimum absolute atomic E-state index is 0.221. The Morgan fingerprint density at radius 3 is 2.58 bits per heavy atom. The smallest absolute Gasteiger partial charge is 0.227 e. The topological polar surface area (TPSA) is 75.6 Å². The molecular weight excluding hydrogens is 240 g/mol. The van der Waals surface area contributed by atoms with Crippen molar-refractivity contribution in [3.63, 3.8) is 0 Å².